The van der Waals surface area contributed by atoms with E-state index in [0.717, 1.165) is 46.5 Å². The van der Waals surface area contributed by atoms with Crippen LogP contribution in [0.25, 0.3) is 0 Å². The van der Waals surface area contributed by atoms with Crippen molar-refractivity contribution in [2.45, 2.75) is 38.0 Å². The highest BCUT2D eigenvalue weighted by atomic mass is 32.1. The SMILES string of the molecule is CNc1nnc(C[C@H]2CC[C@@H](c3nnc(NC(=O)Cc4ccccn4)s3)C2)s1. The van der Waals surface area contributed by atoms with E-state index >= 15 is 0 Å². The van der Waals surface area contributed by atoms with Crippen LogP contribution in [0.1, 0.15) is 40.9 Å². The summed E-state index contributed by atoms with van der Waals surface area (Å²) in [5.74, 6) is 0.872. The van der Waals surface area contributed by atoms with Gasteiger partial charge in [0.05, 0.1) is 6.42 Å². The van der Waals surface area contributed by atoms with Gasteiger partial charge in [-0.05, 0) is 37.3 Å². The third-order valence-electron chi connectivity index (χ3n) is 4.79. The van der Waals surface area contributed by atoms with Crippen LogP contribution in [0.15, 0.2) is 24.4 Å². The molecule has 1 fully saturated rings. The Balaban J connectivity index is 1.30. The van der Waals surface area contributed by atoms with Gasteiger partial charge in [-0.3, -0.25) is 9.78 Å². The lowest BCUT2D eigenvalue weighted by molar-refractivity contribution is -0.115. The van der Waals surface area contributed by atoms with Crippen molar-refractivity contribution in [2.75, 3.05) is 17.7 Å². The molecule has 0 bridgehead atoms. The minimum atomic E-state index is -0.123. The Bertz CT molecular complexity index is 927. The molecule has 3 aromatic rings. The highest BCUT2D eigenvalue weighted by molar-refractivity contribution is 7.15. The molecule has 0 unspecified atom stereocenters. The van der Waals surface area contributed by atoms with Gasteiger partial charge in [-0.15, -0.1) is 20.4 Å². The molecule has 1 saturated carbocycles. The lowest BCUT2D eigenvalue weighted by Gasteiger charge is -2.06. The topological polar surface area (TPSA) is 106 Å². The van der Waals surface area contributed by atoms with Crippen LogP contribution >= 0.6 is 22.7 Å². The molecular weight excluding hydrogens is 394 g/mol. The maximum Gasteiger partial charge on any atom is 0.232 e. The van der Waals surface area contributed by atoms with Gasteiger partial charge < -0.3 is 10.6 Å². The third-order valence-corrected chi connectivity index (χ3v) is 6.75. The van der Waals surface area contributed by atoms with Gasteiger partial charge in [0.1, 0.15) is 10.0 Å². The molecule has 28 heavy (non-hydrogen) atoms. The van der Waals surface area contributed by atoms with E-state index < -0.39 is 0 Å². The number of rotatable bonds is 7. The first-order valence-corrected chi connectivity index (χ1v) is 10.9. The molecule has 0 aromatic carbocycles. The maximum absolute atomic E-state index is 12.2. The number of hydrogen-bond acceptors (Lipinski definition) is 9. The monoisotopic (exact) mass is 415 g/mol. The molecule has 8 nitrogen and oxygen atoms in total. The van der Waals surface area contributed by atoms with E-state index in [-0.39, 0.29) is 12.3 Å². The first-order valence-electron chi connectivity index (χ1n) is 9.23. The molecule has 10 heteroatoms. The first-order chi connectivity index (χ1) is 13.7. The quantitative estimate of drug-likeness (QED) is 0.611. The van der Waals surface area contributed by atoms with Gasteiger partial charge in [0, 0.05) is 31.3 Å². The van der Waals surface area contributed by atoms with Gasteiger partial charge in [-0.25, -0.2) is 0 Å². The van der Waals surface area contributed by atoms with Crippen molar-refractivity contribution in [1.29, 1.82) is 0 Å². The van der Waals surface area contributed by atoms with Gasteiger partial charge in [0.15, 0.2) is 0 Å². The van der Waals surface area contributed by atoms with E-state index in [0.29, 0.717) is 17.0 Å². The van der Waals surface area contributed by atoms with Crippen molar-refractivity contribution in [3.05, 3.63) is 40.1 Å². The molecule has 0 saturated heterocycles. The summed E-state index contributed by atoms with van der Waals surface area (Å²) in [6.45, 7) is 0. The van der Waals surface area contributed by atoms with Crippen LogP contribution in [-0.2, 0) is 17.6 Å². The van der Waals surface area contributed by atoms with Crippen LogP contribution in [0.3, 0.4) is 0 Å². The summed E-state index contributed by atoms with van der Waals surface area (Å²) in [6, 6.07) is 5.54. The average molecular weight is 416 g/mol. The lowest BCUT2D eigenvalue weighted by Crippen LogP contribution is -2.14. The number of nitrogens with zero attached hydrogens (tertiary/aromatic N) is 5. The molecule has 3 heterocycles. The zero-order chi connectivity index (χ0) is 19.3. The normalized spacial score (nSPS) is 18.9. The van der Waals surface area contributed by atoms with E-state index in [4.69, 9.17) is 0 Å². The van der Waals surface area contributed by atoms with Crippen LogP contribution in [0.5, 0.6) is 0 Å². The summed E-state index contributed by atoms with van der Waals surface area (Å²) in [7, 11) is 1.86. The Morgan fingerprint density at radius 1 is 1.14 bits per heavy atom. The molecule has 3 aromatic heterocycles. The largest absolute Gasteiger partial charge is 0.363 e. The van der Waals surface area contributed by atoms with Crippen molar-refractivity contribution < 1.29 is 4.79 Å². The van der Waals surface area contributed by atoms with E-state index in [1.807, 2.05) is 25.2 Å². The molecule has 1 aliphatic rings. The minimum Gasteiger partial charge on any atom is -0.363 e. The van der Waals surface area contributed by atoms with Crippen LogP contribution in [0.2, 0.25) is 0 Å². The number of amides is 1. The molecule has 0 aliphatic heterocycles. The summed E-state index contributed by atoms with van der Waals surface area (Å²) in [5, 5.41) is 26.2. The Morgan fingerprint density at radius 3 is 2.82 bits per heavy atom. The van der Waals surface area contributed by atoms with Crippen molar-refractivity contribution >= 4 is 38.8 Å². The van der Waals surface area contributed by atoms with E-state index in [2.05, 4.69) is 36.0 Å². The first kappa shape index (κ1) is 18.9. The minimum absolute atomic E-state index is 0.123. The molecule has 0 spiro atoms. The highest BCUT2D eigenvalue weighted by Crippen LogP contribution is 2.41. The van der Waals surface area contributed by atoms with Gasteiger partial charge in [-0.2, -0.15) is 0 Å². The van der Waals surface area contributed by atoms with Crippen LogP contribution in [0.4, 0.5) is 10.3 Å². The van der Waals surface area contributed by atoms with Crippen molar-refractivity contribution in [3.8, 4) is 0 Å². The second-order valence-corrected chi connectivity index (χ2v) is 8.89. The lowest BCUT2D eigenvalue weighted by atomic mass is 10.0. The molecule has 2 N–H and O–H groups in total. The zero-order valence-corrected chi connectivity index (χ0v) is 17.1. The third kappa shape index (κ3) is 4.68. The van der Waals surface area contributed by atoms with Gasteiger partial charge in [0.2, 0.25) is 16.2 Å². The fourth-order valence-corrected chi connectivity index (χ4v) is 5.16. The molecule has 4 rings (SSSR count). The van der Waals surface area contributed by atoms with E-state index in [1.165, 1.54) is 11.3 Å². The Labute approximate surface area is 170 Å². The average Bonchev–Trinajstić information content (AvgIpc) is 3.44. The van der Waals surface area contributed by atoms with Crippen molar-refractivity contribution in [1.82, 2.24) is 25.4 Å². The number of aromatic nitrogens is 5. The predicted octanol–water partition coefficient (Wildman–Crippen LogP) is 3.13. The van der Waals surface area contributed by atoms with Crippen molar-refractivity contribution in [3.63, 3.8) is 0 Å². The van der Waals surface area contributed by atoms with E-state index in [1.54, 1.807) is 17.5 Å². The van der Waals surface area contributed by atoms with E-state index in [9.17, 15) is 4.79 Å². The number of carbonyl (C=O) groups excluding carboxylic acids is 1. The number of pyridine rings is 1. The second-order valence-electron chi connectivity index (χ2n) is 6.82. The summed E-state index contributed by atoms with van der Waals surface area (Å²) in [4.78, 5) is 16.3. The summed E-state index contributed by atoms with van der Waals surface area (Å²) >= 11 is 3.09. The maximum atomic E-state index is 12.2. The van der Waals surface area contributed by atoms with Crippen LogP contribution < -0.4 is 10.6 Å². The number of anilines is 2. The Kier molecular flexibility index (Phi) is 5.87. The second kappa shape index (κ2) is 8.70. The number of carbonyl (C=O) groups is 1. The predicted molar refractivity (Wildman–Crippen MR) is 110 cm³/mol. The molecule has 0 radical (unpaired) electrons. The molecular formula is C18H21N7OS2. The highest BCUT2D eigenvalue weighted by Gasteiger charge is 2.29. The number of nitrogens with one attached hydrogen (secondary N) is 2. The van der Waals surface area contributed by atoms with Crippen LogP contribution in [-0.4, -0.2) is 38.3 Å². The fraction of sp³-hybridized carbons (Fsp3) is 0.444. The number of hydrogen-bond donors (Lipinski definition) is 2. The van der Waals surface area contributed by atoms with Crippen LogP contribution in [0, 0.1) is 5.92 Å². The fourth-order valence-electron chi connectivity index (χ4n) is 3.45. The molecule has 1 aliphatic carbocycles. The van der Waals surface area contributed by atoms with Gasteiger partial charge >= 0.3 is 0 Å². The molecule has 2 atom stereocenters. The molecule has 1 amide bonds. The Morgan fingerprint density at radius 2 is 2.04 bits per heavy atom. The summed E-state index contributed by atoms with van der Waals surface area (Å²) < 4.78 is 0. The Hall–Kier alpha value is -2.46. The summed E-state index contributed by atoms with van der Waals surface area (Å²) in [5.41, 5.74) is 0.737. The van der Waals surface area contributed by atoms with Gasteiger partial charge in [-0.1, -0.05) is 28.7 Å². The van der Waals surface area contributed by atoms with Crippen molar-refractivity contribution in [2.24, 2.45) is 5.92 Å². The summed E-state index contributed by atoms with van der Waals surface area (Å²) in [6.07, 6.45) is 6.20. The molecule has 146 valence electrons. The smallest absolute Gasteiger partial charge is 0.232 e. The standard InChI is InChI=1S/C18H21N7OS2/c1-19-17-24-22-15(27-17)9-11-5-6-12(8-11)16-23-25-18(28-16)21-14(26)10-13-4-2-3-7-20-13/h2-4,7,11-12H,5-6,8-10H2,1H3,(H,19,24)(H,21,25,26)/t11-,12+/m0/s1. The zero-order valence-electron chi connectivity index (χ0n) is 15.5. The van der Waals surface area contributed by atoms with Gasteiger partial charge in [0.25, 0.3) is 0 Å².